The molecule has 1 unspecified atom stereocenters. The van der Waals surface area contributed by atoms with Crippen molar-refractivity contribution in [3.05, 3.63) is 98.9 Å². The monoisotopic (exact) mass is 404 g/mol. The predicted molar refractivity (Wildman–Crippen MR) is 111 cm³/mol. The minimum atomic E-state index is -0.530. The van der Waals surface area contributed by atoms with E-state index in [2.05, 4.69) is 10.4 Å². The molecule has 8 nitrogen and oxygen atoms in total. The Kier molecular flexibility index (Phi) is 5.05. The largest absolute Gasteiger partial charge is 0.457 e. The first-order chi connectivity index (χ1) is 14.5. The maximum absolute atomic E-state index is 13.1. The van der Waals surface area contributed by atoms with E-state index in [9.17, 15) is 14.9 Å². The molecule has 2 heterocycles. The van der Waals surface area contributed by atoms with Crippen LogP contribution >= 0.6 is 0 Å². The number of benzene rings is 2. The third kappa shape index (κ3) is 3.55. The van der Waals surface area contributed by atoms with Gasteiger partial charge >= 0.3 is 5.97 Å². The van der Waals surface area contributed by atoms with Crippen molar-refractivity contribution in [3.8, 4) is 0 Å². The Morgan fingerprint density at radius 2 is 2.00 bits per heavy atom. The van der Waals surface area contributed by atoms with Crippen molar-refractivity contribution >= 4 is 17.5 Å². The highest BCUT2D eigenvalue weighted by molar-refractivity contribution is 5.94. The molecule has 1 N–H and O–H groups in total. The van der Waals surface area contributed by atoms with Crippen LogP contribution in [0.25, 0.3) is 0 Å². The Hall–Kier alpha value is -3.94. The van der Waals surface area contributed by atoms with Gasteiger partial charge in [-0.2, -0.15) is 5.10 Å². The molecule has 0 bridgehead atoms. The van der Waals surface area contributed by atoms with Gasteiger partial charge in [0.2, 0.25) is 0 Å². The van der Waals surface area contributed by atoms with Crippen LogP contribution in [0.4, 0.5) is 11.5 Å². The number of nitrogens with one attached hydrogen (secondary N) is 1. The standard InChI is InChI=1S/C22H20N4O4/c1-14-19(22(27)30-13-15-7-4-3-5-8-15)20(18-12-23-25(2)21(18)24-14)16-9-6-10-17(11-16)26(28)29/h3-12,20,24H,13H2,1-2H3. The summed E-state index contributed by atoms with van der Waals surface area (Å²) < 4.78 is 7.27. The van der Waals surface area contributed by atoms with Gasteiger partial charge in [0.1, 0.15) is 12.4 Å². The highest BCUT2D eigenvalue weighted by Crippen LogP contribution is 2.42. The fraction of sp³-hybridized carbons (Fsp3) is 0.182. The Labute approximate surface area is 172 Å². The molecule has 0 saturated heterocycles. The van der Waals surface area contributed by atoms with Crippen LogP contribution in [0.3, 0.4) is 0 Å². The number of hydrogen-bond acceptors (Lipinski definition) is 6. The molecule has 0 amide bonds. The number of rotatable bonds is 5. The third-order valence-electron chi connectivity index (χ3n) is 5.12. The second-order valence-electron chi connectivity index (χ2n) is 7.08. The van der Waals surface area contributed by atoms with Crippen LogP contribution in [-0.2, 0) is 23.2 Å². The lowest BCUT2D eigenvalue weighted by Gasteiger charge is -2.28. The highest BCUT2D eigenvalue weighted by atomic mass is 16.6. The van der Waals surface area contributed by atoms with Crippen molar-refractivity contribution in [2.45, 2.75) is 19.4 Å². The van der Waals surface area contributed by atoms with E-state index in [1.165, 1.54) is 12.1 Å². The number of carbonyl (C=O) groups excluding carboxylic acids is 1. The van der Waals surface area contributed by atoms with E-state index >= 15 is 0 Å². The maximum Gasteiger partial charge on any atom is 0.337 e. The molecule has 3 aromatic rings. The van der Waals surface area contributed by atoms with Gasteiger partial charge in [0.15, 0.2) is 0 Å². The van der Waals surface area contributed by atoms with Crippen LogP contribution < -0.4 is 5.32 Å². The quantitative estimate of drug-likeness (QED) is 0.393. The lowest BCUT2D eigenvalue weighted by molar-refractivity contribution is -0.384. The van der Waals surface area contributed by atoms with Crippen LogP contribution in [0.2, 0.25) is 0 Å². The molecule has 8 heteroatoms. The number of carbonyl (C=O) groups is 1. The lowest BCUT2D eigenvalue weighted by atomic mass is 9.82. The van der Waals surface area contributed by atoms with Crippen molar-refractivity contribution in [3.63, 3.8) is 0 Å². The molecule has 1 aliphatic heterocycles. The van der Waals surface area contributed by atoms with Gasteiger partial charge in [-0.05, 0) is 18.1 Å². The number of aryl methyl sites for hydroxylation is 1. The van der Waals surface area contributed by atoms with E-state index in [0.29, 0.717) is 16.8 Å². The zero-order chi connectivity index (χ0) is 21.3. The molecule has 0 fully saturated rings. The average molecular weight is 404 g/mol. The van der Waals surface area contributed by atoms with E-state index in [-0.39, 0.29) is 12.3 Å². The van der Waals surface area contributed by atoms with Crippen molar-refractivity contribution < 1.29 is 14.5 Å². The van der Waals surface area contributed by atoms with Crippen LogP contribution in [-0.4, -0.2) is 20.7 Å². The molecule has 0 saturated carbocycles. The zero-order valence-corrected chi connectivity index (χ0v) is 16.5. The molecular weight excluding hydrogens is 384 g/mol. The van der Waals surface area contributed by atoms with Crippen molar-refractivity contribution in [2.24, 2.45) is 7.05 Å². The van der Waals surface area contributed by atoms with Gasteiger partial charge in [0.05, 0.1) is 16.7 Å². The van der Waals surface area contributed by atoms with Crippen LogP contribution in [0.5, 0.6) is 0 Å². The van der Waals surface area contributed by atoms with E-state index in [4.69, 9.17) is 4.74 Å². The number of allylic oxidation sites excluding steroid dienone is 1. The highest BCUT2D eigenvalue weighted by Gasteiger charge is 2.35. The Balaban J connectivity index is 1.74. The number of nitro groups is 1. The zero-order valence-electron chi connectivity index (χ0n) is 16.5. The Bertz CT molecular complexity index is 1150. The predicted octanol–water partition coefficient (Wildman–Crippen LogP) is 3.90. The molecule has 1 atom stereocenters. The van der Waals surface area contributed by atoms with Crippen LogP contribution in [0.1, 0.15) is 29.5 Å². The molecular formula is C22H20N4O4. The number of aromatic nitrogens is 2. The number of ether oxygens (including phenoxy) is 1. The van der Waals surface area contributed by atoms with Gasteiger partial charge in [0, 0.05) is 36.4 Å². The third-order valence-corrected chi connectivity index (χ3v) is 5.12. The van der Waals surface area contributed by atoms with Crippen LogP contribution in [0.15, 0.2) is 72.1 Å². The fourth-order valence-electron chi connectivity index (χ4n) is 3.67. The molecule has 2 aromatic carbocycles. The van der Waals surface area contributed by atoms with E-state index in [1.807, 2.05) is 30.3 Å². The minimum absolute atomic E-state index is 0.0360. The summed E-state index contributed by atoms with van der Waals surface area (Å²) in [6.45, 7) is 1.93. The number of non-ortho nitro benzene ring substituents is 1. The summed E-state index contributed by atoms with van der Waals surface area (Å²) in [5.74, 6) is -0.267. The molecule has 1 aliphatic rings. The van der Waals surface area contributed by atoms with E-state index in [1.54, 1.807) is 37.0 Å². The number of nitrogens with zero attached hydrogens (tertiary/aromatic N) is 3. The first kappa shape index (κ1) is 19.4. The minimum Gasteiger partial charge on any atom is -0.457 e. The van der Waals surface area contributed by atoms with Crippen molar-refractivity contribution in [1.29, 1.82) is 0 Å². The van der Waals surface area contributed by atoms with Gasteiger partial charge in [-0.25, -0.2) is 4.79 Å². The molecule has 0 radical (unpaired) electrons. The summed E-state index contributed by atoms with van der Waals surface area (Å²) in [5, 5.41) is 18.8. The van der Waals surface area contributed by atoms with Gasteiger partial charge in [-0.15, -0.1) is 0 Å². The summed E-state index contributed by atoms with van der Waals surface area (Å²) in [5.41, 5.74) is 3.27. The number of anilines is 1. The molecule has 30 heavy (non-hydrogen) atoms. The fourth-order valence-corrected chi connectivity index (χ4v) is 3.67. The average Bonchev–Trinajstić information content (AvgIpc) is 3.12. The van der Waals surface area contributed by atoms with Crippen molar-refractivity contribution in [1.82, 2.24) is 9.78 Å². The molecule has 1 aromatic heterocycles. The van der Waals surface area contributed by atoms with Gasteiger partial charge in [0.25, 0.3) is 5.69 Å². The number of hydrogen-bond donors (Lipinski definition) is 1. The van der Waals surface area contributed by atoms with Crippen LogP contribution in [0, 0.1) is 10.1 Å². The smallest absolute Gasteiger partial charge is 0.337 e. The second-order valence-corrected chi connectivity index (χ2v) is 7.08. The topological polar surface area (TPSA) is 99.3 Å². The molecule has 0 spiro atoms. The summed E-state index contributed by atoms with van der Waals surface area (Å²) in [7, 11) is 1.79. The number of esters is 1. The first-order valence-electron chi connectivity index (χ1n) is 9.41. The number of fused-ring (bicyclic) bond motifs is 1. The summed E-state index contributed by atoms with van der Waals surface area (Å²) in [6, 6.07) is 15.7. The summed E-state index contributed by atoms with van der Waals surface area (Å²) >= 11 is 0. The molecule has 152 valence electrons. The maximum atomic E-state index is 13.1. The SMILES string of the molecule is CC1=C(C(=O)OCc2ccccc2)C(c2cccc([N+](=O)[O-])c2)c2cnn(C)c2N1. The molecule has 4 rings (SSSR count). The Morgan fingerprint density at radius 1 is 1.23 bits per heavy atom. The van der Waals surface area contributed by atoms with E-state index in [0.717, 1.165) is 16.9 Å². The first-order valence-corrected chi connectivity index (χ1v) is 9.41. The van der Waals surface area contributed by atoms with E-state index < -0.39 is 16.8 Å². The Morgan fingerprint density at radius 3 is 2.73 bits per heavy atom. The van der Waals surface area contributed by atoms with Gasteiger partial charge < -0.3 is 10.1 Å². The number of nitro benzene ring substituents is 1. The second kappa shape index (κ2) is 7.82. The normalized spacial score (nSPS) is 15.3. The lowest BCUT2D eigenvalue weighted by Crippen LogP contribution is -2.24. The summed E-state index contributed by atoms with van der Waals surface area (Å²) in [4.78, 5) is 24.0. The van der Waals surface area contributed by atoms with Gasteiger partial charge in [-0.1, -0.05) is 42.5 Å². The van der Waals surface area contributed by atoms with Gasteiger partial charge in [-0.3, -0.25) is 14.8 Å². The molecule has 0 aliphatic carbocycles. The summed E-state index contributed by atoms with van der Waals surface area (Å²) in [6.07, 6.45) is 1.67. The van der Waals surface area contributed by atoms with Crippen molar-refractivity contribution in [2.75, 3.05) is 5.32 Å².